The van der Waals surface area contributed by atoms with Crippen LogP contribution in [-0.4, -0.2) is 4.57 Å². The van der Waals surface area contributed by atoms with E-state index in [4.69, 9.17) is 0 Å². The SMILES string of the molecule is CC1(C)c2ccccc2-c2ccc(N(c3ccc(-c4ccccc4)cc3)c3cc4c(c5ccccc35)c3cc5c(cc3n4-c3cccc4ccccc34)C(C)(C)c3ccccc3-5)cc21. The maximum absolute atomic E-state index is 2.57. The van der Waals surface area contributed by atoms with Crippen LogP contribution in [-0.2, 0) is 10.8 Å². The van der Waals surface area contributed by atoms with Gasteiger partial charge in [0.15, 0.2) is 0 Å². The van der Waals surface area contributed by atoms with Gasteiger partial charge in [0, 0.05) is 43.7 Å². The number of aromatic nitrogens is 1. The van der Waals surface area contributed by atoms with Gasteiger partial charge in [0.25, 0.3) is 0 Å². The first-order valence-electron chi connectivity index (χ1n) is 22.6. The molecular weight excluding hydrogens is 773 g/mol. The van der Waals surface area contributed by atoms with Crippen LogP contribution in [0.3, 0.4) is 0 Å². The first-order valence-corrected chi connectivity index (χ1v) is 22.6. The van der Waals surface area contributed by atoms with Gasteiger partial charge in [-0.2, -0.15) is 0 Å². The van der Waals surface area contributed by atoms with E-state index in [0.717, 1.165) is 17.1 Å². The number of rotatable bonds is 5. The van der Waals surface area contributed by atoms with Crippen LogP contribution in [0.1, 0.15) is 49.9 Å². The summed E-state index contributed by atoms with van der Waals surface area (Å²) in [5.41, 5.74) is 19.9. The third-order valence-corrected chi connectivity index (χ3v) is 14.8. The highest BCUT2D eigenvalue weighted by atomic mass is 15.1. The first-order chi connectivity index (χ1) is 31.3. The van der Waals surface area contributed by atoms with Crippen molar-refractivity contribution in [1.82, 2.24) is 4.57 Å². The van der Waals surface area contributed by atoms with Crippen molar-refractivity contribution in [2.24, 2.45) is 0 Å². The van der Waals surface area contributed by atoms with Crippen LogP contribution in [0.4, 0.5) is 17.1 Å². The highest BCUT2D eigenvalue weighted by Gasteiger charge is 2.38. The van der Waals surface area contributed by atoms with Crippen molar-refractivity contribution in [2.45, 2.75) is 38.5 Å². The molecule has 0 atom stereocenters. The van der Waals surface area contributed by atoms with E-state index in [1.165, 1.54) is 105 Å². The normalized spacial score (nSPS) is 14.2. The highest BCUT2D eigenvalue weighted by Crippen LogP contribution is 2.54. The molecule has 2 nitrogen and oxygen atoms in total. The van der Waals surface area contributed by atoms with Crippen LogP contribution in [0, 0.1) is 0 Å². The minimum atomic E-state index is -0.148. The Labute approximate surface area is 374 Å². The number of hydrogen-bond donors (Lipinski definition) is 0. The van der Waals surface area contributed by atoms with Crippen molar-refractivity contribution in [3.8, 4) is 39.1 Å². The van der Waals surface area contributed by atoms with E-state index in [1.807, 2.05) is 0 Å². The number of anilines is 3. The summed E-state index contributed by atoms with van der Waals surface area (Å²) in [7, 11) is 0. The Morgan fingerprint density at radius 2 is 0.922 bits per heavy atom. The minimum absolute atomic E-state index is 0.142. The molecule has 0 unspecified atom stereocenters. The summed E-state index contributed by atoms with van der Waals surface area (Å²) in [6, 6.07) is 77.2. The zero-order valence-corrected chi connectivity index (χ0v) is 36.5. The van der Waals surface area contributed by atoms with Crippen LogP contribution in [0.2, 0.25) is 0 Å². The zero-order chi connectivity index (χ0) is 42.9. The lowest BCUT2D eigenvalue weighted by atomic mass is 9.82. The smallest absolute Gasteiger partial charge is 0.0568 e. The van der Waals surface area contributed by atoms with Gasteiger partial charge < -0.3 is 9.47 Å². The molecule has 13 rings (SSSR count). The Balaban J connectivity index is 1.14. The van der Waals surface area contributed by atoms with Crippen molar-refractivity contribution >= 4 is 60.4 Å². The van der Waals surface area contributed by atoms with E-state index >= 15 is 0 Å². The molecule has 304 valence electrons. The standard InChI is InChI=1S/C62H46N2/c1-61(2)52-26-14-12-22-45(52)47-34-33-43(35-54(47)61)63(42-31-29-40(30-32-42)39-17-6-5-7-18-39)58-38-59-60(49-25-11-10-24-48(49)58)51-36-50-46-23-13-15-27-53(46)62(3,4)55(50)37-57(51)64(59)56-28-16-20-41-19-8-9-21-44(41)56/h5-38H,1-4H3. The maximum Gasteiger partial charge on any atom is 0.0568 e. The maximum atomic E-state index is 2.57. The van der Waals surface area contributed by atoms with Gasteiger partial charge in [-0.25, -0.2) is 0 Å². The average Bonchev–Trinajstić information content (AvgIpc) is 3.87. The molecule has 0 amide bonds. The summed E-state index contributed by atoms with van der Waals surface area (Å²) in [5.74, 6) is 0. The predicted molar refractivity (Wildman–Crippen MR) is 271 cm³/mol. The molecule has 10 aromatic carbocycles. The molecule has 2 aliphatic carbocycles. The van der Waals surface area contributed by atoms with Gasteiger partial charge in [0.1, 0.15) is 0 Å². The molecule has 0 spiro atoms. The molecule has 2 heteroatoms. The summed E-state index contributed by atoms with van der Waals surface area (Å²) in [5, 5.41) is 7.46. The summed E-state index contributed by atoms with van der Waals surface area (Å²) in [4.78, 5) is 2.51. The number of nitrogens with zero attached hydrogens (tertiary/aromatic N) is 2. The van der Waals surface area contributed by atoms with E-state index in [-0.39, 0.29) is 10.8 Å². The van der Waals surface area contributed by atoms with E-state index < -0.39 is 0 Å². The van der Waals surface area contributed by atoms with Gasteiger partial charge >= 0.3 is 0 Å². The quantitative estimate of drug-likeness (QED) is 0.168. The van der Waals surface area contributed by atoms with Crippen molar-refractivity contribution in [1.29, 1.82) is 0 Å². The zero-order valence-electron chi connectivity index (χ0n) is 36.5. The lowest BCUT2D eigenvalue weighted by Gasteiger charge is -2.29. The predicted octanol–water partition coefficient (Wildman–Crippen LogP) is 16.8. The second-order valence-corrected chi connectivity index (χ2v) is 18.9. The van der Waals surface area contributed by atoms with Gasteiger partial charge in [0.05, 0.1) is 22.4 Å². The minimum Gasteiger partial charge on any atom is -0.310 e. The fourth-order valence-corrected chi connectivity index (χ4v) is 11.6. The Morgan fingerprint density at radius 3 is 1.67 bits per heavy atom. The summed E-state index contributed by atoms with van der Waals surface area (Å²) in [6.07, 6.45) is 0. The van der Waals surface area contributed by atoms with E-state index in [2.05, 4.69) is 243 Å². The molecule has 0 saturated heterocycles. The molecule has 0 fully saturated rings. The van der Waals surface area contributed by atoms with E-state index in [1.54, 1.807) is 0 Å². The van der Waals surface area contributed by atoms with Crippen molar-refractivity contribution in [3.05, 3.63) is 229 Å². The van der Waals surface area contributed by atoms with Crippen molar-refractivity contribution < 1.29 is 0 Å². The van der Waals surface area contributed by atoms with Crippen molar-refractivity contribution in [2.75, 3.05) is 4.90 Å². The van der Waals surface area contributed by atoms with Crippen LogP contribution >= 0.6 is 0 Å². The molecule has 0 bridgehead atoms. The molecule has 64 heavy (non-hydrogen) atoms. The third kappa shape index (κ3) is 5.14. The third-order valence-electron chi connectivity index (χ3n) is 14.8. The Bertz CT molecular complexity index is 3710. The topological polar surface area (TPSA) is 8.17 Å². The van der Waals surface area contributed by atoms with Gasteiger partial charge in [-0.05, 0) is 115 Å². The van der Waals surface area contributed by atoms with Crippen LogP contribution < -0.4 is 4.90 Å². The van der Waals surface area contributed by atoms with E-state index in [0.29, 0.717) is 0 Å². The number of hydrogen-bond acceptors (Lipinski definition) is 1. The van der Waals surface area contributed by atoms with Gasteiger partial charge in [0.2, 0.25) is 0 Å². The Hall–Kier alpha value is -7.68. The molecule has 1 aromatic heterocycles. The molecule has 1 heterocycles. The molecule has 0 saturated carbocycles. The second-order valence-electron chi connectivity index (χ2n) is 18.9. The van der Waals surface area contributed by atoms with Gasteiger partial charge in [-0.3, -0.25) is 0 Å². The molecular formula is C62H46N2. The molecule has 11 aromatic rings. The fraction of sp³-hybridized carbons (Fsp3) is 0.0968. The monoisotopic (exact) mass is 818 g/mol. The molecule has 0 radical (unpaired) electrons. The number of fused-ring (bicyclic) bond motifs is 12. The summed E-state index contributed by atoms with van der Waals surface area (Å²) < 4.78 is 2.57. The van der Waals surface area contributed by atoms with Crippen LogP contribution in [0.5, 0.6) is 0 Å². The van der Waals surface area contributed by atoms with Gasteiger partial charge in [-0.15, -0.1) is 0 Å². The van der Waals surface area contributed by atoms with Crippen molar-refractivity contribution in [3.63, 3.8) is 0 Å². The lowest BCUT2D eigenvalue weighted by Crippen LogP contribution is -2.16. The highest BCUT2D eigenvalue weighted by molar-refractivity contribution is 6.26. The summed E-state index contributed by atoms with van der Waals surface area (Å²) >= 11 is 0. The van der Waals surface area contributed by atoms with Gasteiger partial charge in [-0.1, -0.05) is 185 Å². The Morgan fingerprint density at radius 1 is 0.359 bits per heavy atom. The lowest BCUT2D eigenvalue weighted by molar-refractivity contribution is 0.660. The first kappa shape index (κ1) is 36.9. The fourth-order valence-electron chi connectivity index (χ4n) is 11.6. The second kappa shape index (κ2) is 13.4. The van der Waals surface area contributed by atoms with Crippen LogP contribution in [0.25, 0.3) is 82.4 Å². The Kier molecular flexibility index (Phi) is 7.74. The summed E-state index contributed by atoms with van der Waals surface area (Å²) in [6.45, 7) is 9.53. The van der Waals surface area contributed by atoms with Crippen LogP contribution in [0.15, 0.2) is 206 Å². The largest absolute Gasteiger partial charge is 0.310 e. The van der Waals surface area contributed by atoms with E-state index in [9.17, 15) is 0 Å². The molecule has 2 aliphatic rings. The average molecular weight is 819 g/mol. The molecule has 0 aliphatic heterocycles. The number of benzene rings is 10. The molecule has 0 N–H and O–H groups in total.